The van der Waals surface area contributed by atoms with Gasteiger partial charge >= 0.3 is 0 Å². The number of rotatable bonds is 3. The van der Waals surface area contributed by atoms with Gasteiger partial charge in [0.25, 0.3) is 0 Å². The van der Waals surface area contributed by atoms with Gasteiger partial charge in [-0.3, -0.25) is 0 Å². The molecule has 3 unspecified atom stereocenters. The Morgan fingerprint density at radius 2 is 1.90 bits per heavy atom. The van der Waals surface area contributed by atoms with Crippen molar-refractivity contribution in [2.24, 2.45) is 5.92 Å². The van der Waals surface area contributed by atoms with Gasteiger partial charge in [0.15, 0.2) is 9.84 Å². The van der Waals surface area contributed by atoms with E-state index in [1.54, 1.807) is 0 Å². The smallest absolute Gasteiger partial charge is 0.181 e. The van der Waals surface area contributed by atoms with Gasteiger partial charge in [0.05, 0.1) is 10.1 Å². The highest BCUT2D eigenvalue weighted by atomic mass is 32.2. The van der Waals surface area contributed by atoms with Crippen LogP contribution in [0.25, 0.3) is 0 Å². The van der Waals surface area contributed by atoms with Crippen LogP contribution < -0.4 is 5.32 Å². The van der Waals surface area contributed by atoms with Crippen molar-refractivity contribution in [2.45, 2.75) is 55.2 Å². The van der Waals surface area contributed by atoms with Gasteiger partial charge in [-0.05, 0) is 68.3 Å². The summed E-state index contributed by atoms with van der Waals surface area (Å²) in [5, 5.41) is 3.01. The van der Waals surface area contributed by atoms with Gasteiger partial charge in [0, 0.05) is 6.04 Å². The Morgan fingerprint density at radius 3 is 2.60 bits per heavy atom. The van der Waals surface area contributed by atoms with Gasteiger partial charge in [-0.2, -0.15) is 0 Å². The first-order chi connectivity index (χ1) is 9.54. The summed E-state index contributed by atoms with van der Waals surface area (Å²) < 4.78 is 25.8. The second-order valence-corrected chi connectivity index (χ2v) is 8.37. The molecule has 3 nitrogen and oxygen atoms in total. The molecule has 3 rings (SSSR count). The average molecular weight is 293 g/mol. The van der Waals surface area contributed by atoms with Gasteiger partial charge in [0.1, 0.15) is 0 Å². The van der Waals surface area contributed by atoms with Crippen LogP contribution in [0.3, 0.4) is 0 Å². The summed E-state index contributed by atoms with van der Waals surface area (Å²) in [5.41, 5.74) is 2.57. The Bertz CT molecular complexity index is 609. The number of benzene rings is 1. The van der Waals surface area contributed by atoms with Crippen LogP contribution in [-0.2, 0) is 22.7 Å². The molecule has 2 aliphatic carbocycles. The normalized spacial score (nSPS) is 29.6. The highest BCUT2D eigenvalue weighted by Gasteiger charge is 2.41. The molecule has 0 spiro atoms. The van der Waals surface area contributed by atoms with Gasteiger partial charge in [-0.15, -0.1) is 0 Å². The van der Waals surface area contributed by atoms with E-state index in [0.29, 0.717) is 10.9 Å². The van der Waals surface area contributed by atoms with E-state index in [1.165, 1.54) is 11.1 Å². The lowest BCUT2D eigenvalue weighted by molar-refractivity contribution is 0.453. The summed E-state index contributed by atoms with van der Waals surface area (Å²) in [6.45, 7) is 2.06. The van der Waals surface area contributed by atoms with E-state index in [2.05, 4.69) is 12.2 Å². The largest absolute Gasteiger partial charge is 0.317 e. The van der Waals surface area contributed by atoms with Crippen molar-refractivity contribution in [3.8, 4) is 0 Å². The molecule has 0 bridgehead atoms. The Balaban J connectivity index is 1.93. The van der Waals surface area contributed by atoms with Crippen molar-refractivity contribution >= 4 is 9.84 Å². The molecule has 0 amide bonds. The maximum Gasteiger partial charge on any atom is 0.181 e. The second-order valence-electron chi connectivity index (χ2n) is 6.20. The molecule has 1 aromatic rings. The maximum absolute atomic E-state index is 12.9. The molecule has 0 aliphatic heterocycles. The van der Waals surface area contributed by atoms with Crippen LogP contribution in [-0.4, -0.2) is 26.8 Å². The number of nitrogens with one attached hydrogen (secondary N) is 1. The van der Waals surface area contributed by atoms with Gasteiger partial charge in [-0.25, -0.2) is 8.42 Å². The molecule has 0 heterocycles. The second kappa shape index (κ2) is 5.15. The number of sulfone groups is 1. The van der Waals surface area contributed by atoms with Crippen molar-refractivity contribution in [1.29, 1.82) is 0 Å². The van der Waals surface area contributed by atoms with E-state index in [0.717, 1.165) is 32.1 Å². The van der Waals surface area contributed by atoms with Crippen LogP contribution in [0.4, 0.5) is 0 Å². The zero-order chi connectivity index (χ0) is 14.3. The summed E-state index contributed by atoms with van der Waals surface area (Å²) in [4.78, 5) is 0.534. The van der Waals surface area contributed by atoms with E-state index in [4.69, 9.17) is 0 Å². The molecule has 0 radical (unpaired) electrons. The van der Waals surface area contributed by atoms with Crippen molar-refractivity contribution in [1.82, 2.24) is 5.32 Å². The molecule has 1 aromatic carbocycles. The predicted octanol–water partition coefficient (Wildman–Crippen LogP) is 2.34. The van der Waals surface area contributed by atoms with Gasteiger partial charge in [-0.1, -0.05) is 13.0 Å². The zero-order valence-electron chi connectivity index (χ0n) is 12.2. The molecule has 3 atom stereocenters. The van der Waals surface area contributed by atoms with Crippen molar-refractivity contribution in [3.63, 3.8) is 0 Å². The monoisotopic (exact) mass is 293 g/mol. The third-order valence-electron chi connectivity index (χ3n) is 5.15. The molecule has 1 fully saturated rings. The minimum Gasteiger partial charge on any atom is -0.317 e. The fourth-order valence-electron chi connectivity index (χ4n) is 3.87. The fraction of sp³-hybridized carbons (Fsp3) is 0.625. The molecule has 4 heteroatoms. The minimum absolute atomic E-state index is 0.179. The van der Waals surface area contributed by atoms with E-state index < -0.39 is 9.84 Å². The molecule has 1 N–H and O–H groups in total. The van der Waals surface area contributed by atoms with Gasteiger partial charge < -0.3 is 5.32 Å². The first-order valence-corrected chi connectivity index (χ1v) is 9.11. The average Bonchev–Trinajstić information content (AvgIpc) is 3.03. The van der Waals surface area contributed by atoms with Crippen molar-refractivity contribution in [3.05, 3.63) is 29.3 Å². The third kappa shape index (κ3) is 2.19. The molecule has 0 aromatic heterocycles. The Kier molecular flexibility index (Phi) is 3.63. The van der Waals surface area contributed by atoms with E-state index in [1.807, 2.05) is 25.2 Å². The zero-order valence-corrected chi connectivity index (χ0v) is 13.0. The Morgan fingerprint density at radius 1 is 1.15 bits per heavy atom. The standard InChI is InChI=1S/C16H23NO2S/c1-11-15(17-2)8-9-16(11)20(18,19)14-7-6-12-4-3-5-13(12)10-14/h6-7,10-11,15-17H,3-5,8-9H2,1-2H3. The predicted molar refractivity (Wildman–Crippen MR) is 80.7 cm³/mol. The van der Waals surface area contributed by atoms with E-state index in [-0.39, 0.29) is 11.2 Å². The van der Waals surface area contributed by atoms with Crippen LogP contribution in [0.5, 0.6) is 0 Å². The molecule has 20 heavy (non-hydrogen) atoms. The Labute approximate surface area is 121 Å². The molecular weight excluding hydrogens is 270 g/mol. The molecule has 0 saturated heterocycles. The summed E-state index contributed by atoms with van der Waals surface area (Å²) in [6, 6.07) is 6.09. The van der Waals surface area contributed by atoms with Crippen LogP contribution in [0, 0.1) is 5.92 Å². The van der Waals surface area contributed by atoms with Gasteiger partial charge in [0.2, 0.25) is 0 Å². The van der Waals surface area contributed by atoms with Crippen molar-refractivity contribution < 1.29 is 8.42 Å². The van der Waals surface area contributed by atoms with Crippen LogP contribution in [0.15, 0.2) is 23.1 Å². The molecule has 110 valence electrons. The summed E-state index contributed by atoms with van der Waals surface area (Å²) >= 11 is 0. The van der Waals surface area contributed by atoms with Crippen LogP contribution >= 0.6 is 0 Å². The highest BCUT2D eigenvalue weighted by Crippen LogP contribution is 2.35. The van der Waals surface area contributed by atoms with Crippen molar-refractivity contribution in [2.75, 3.05) is 7.05 Å². The number of fused-ring (bicyclic) bond motifs is 1. The lowest BCUT2D eigenvalue weighted by Crippen LogP contribution is -2.34. The molecule has 1 saturated carbocycles. The third-order valence-corrected chi connectivity index (χ3v) is 7.52. The van der Waals surface area contributed by atoms with E-state index in [9.17, 15) is 8.42 Å². The quantitative estimate of drug-likeness (QED) is 0.930. The molecular formula is C16H23NO2S. The SMILES string of the molecule is CNC1CCC(S(=O)(=O)c2ccc3c(c2)CCC3)C1C. The van der Waals surface area contributed by atoms with E-state index >= 15 is 0 Å². The molecule has 2 aliphatic rings. The fourth-order valence-corrected chi connectivity index (χ4v) is 5.99. The number of hydrogen-bond donors (Lipinski definition) is 1. The number of aryl methyl sites for hydroxylation is 2. The summed E-state index contributed by atoms with van der Waals surface area (Å²) in [7, 11) is -1.27. The highest BCUT2D eigenvalue weighted by molar-refractivity contribution is 7.92. The topological polar surface area (TPSA) is 46.2 Å². The Hall–Kier alpha value is -0.870. The maximum atomic E-state index is 12.9. The van der Waals surface area contributed by atoms with Crippen LogP contribution in [0.2, 0.25) is 0 Å². The number of hydrogen-bond acceptors (Lipinski definition) is 3. The summed E-state index contributed by atoms with van der Waals surface area (Å²) in [5.74, 6) is 0.179. The van der Waals surface area contributed by atoms with Crippen LogP contribution in [0.1, 0.15) is 37.3 Å². The first-order valence-electron chi connectivity index (χ1n) is 7.57. The lowest BCUT2D eigenvalue weighted by Gasteiger charge is -2.21. The summed E-state index contributed by atoms with van der Waals surface area (Å²) in [6.07, 6.45) is 4.99. The lowest BCUT2D eigenvalue weighted by atomic mass is 10.1. The first kappa shape index (κ1) is 14.1. The minimum atomic E-state index is -3.19.